The van der Waals surface area contributed by atoms with Crippen LogP contribution in [0.1, 0.15) is 21.7 Å². The zero-order valence-electron chi connectivity index (χ0n) is 12.6. The van der Waals surface area contributed by atoms with Gasteiger partial charge in [0.15, 0.2) is 6.61 Å². The molecule has 0 spiro atoms. The molecule has 0 bridgehead atoms. The molecule has 0 saturated carbocycles. The van der Waals surface area contributed by atoms with Crippen molar-refractivity contribution in [2.75, 3.05) is 11.9 Å². The van der Waals surface area contributed by atoms with Crippen molar-refractivity contribution in [2.24, 2.45) is 0 Å². The van der Waals surface area contributed by atoms with Crippen LogP contribution in [0.25, 0.3) is 0 Å². The fourth-order valence-electron chi connectivity index (χ4n) is 1.90. The van der Waals surface area contributed by atoms with Gasteiger partial charge in [-0.25, -0.2) is 0 Å². The second-order valence-electron chi connectivity index (χ2n) is 4.96. The molecule has 0 aliphatic heterocycles. The summed E-state index contributed by atoms with van der Waals surface area (Å²) in [5, 5.41) is 2.11. The maximum absolute atomic E-state index is 12.8. The minimum absolute atomic E-state index is 0.0270. The molecule has 4 nitrogen and oxygen atoms in total. The van der Waals surface area contributed by atoms with E-state index in [-0.39, 0.29) is 11.3 Å². The van der Waals surface area contributed by atoms with E-state index in [9.17, 15) is 31.1 Å². The normalized spacial score (nSPS) is 12.1. The standard InChI is InChI=1S/C15H11F6NO3/c1-8-10(4-5-24-8)13(23)22-11-6-9(15(19,20)21)2-3-12(11)25-7-14(16,17)18/h2-6H,7H2,1H3,(H,22,23). The summed E-state index contributed by atoms with van der Waals surface area (Å²) in [6.45, 7) is -0.270. The van der Waals surface area contributed by atoms with Crippen LogP contribution in [0.3, 0.4) is 0 Å². The van der Waals surface area contributed by atoms with Crippen molar-refractivity contribution in [3.05, 3.63) is 47.4 Å². The number of hydrogen-bond acceptors (Lipinski definition) is 3. The van der Waals surface area contributed by atoms with E-state index in [4.69, 9.17) is 4.42 Å². The Kier molecular flexibility index (Phi) is 5.00. The molecule has 1 aromatic carbocycles. The number of halogens is 6. The quantitative estimate of drug-likeness (QED) is 0.790. The van der Waals surface area contributed by atoms with Gasteiger partial charge in [0.25, 0.3) is 5.91 Å². The Morgan fingerprint density at radius 1 is 1.16 bits per heavy atom. The summed E-state index contributed by atoms with van der Waals surface area (Å²) >= 11 is 0. The van der Waals surface area contributed by atoms with Crippen LogP contribution in [0.2, 0.25) is 0 Å². The topological polar surface area (TPSA) is 51.5 Å². The Labute approximate surface area is 137 Å². The molecular weight excluding hydrogens is 356 g/mol. The average molecular weight is 367 g/mol. The van der Waals surface area contributed by atoms with Crippen LogP contribution in [-0.2, 0) is 6.18 Å². The van der Waals surface area contributed by atoms with Crippen molar-refractivity contribution in [1.82, 2.24) is 0 Å². The first-order valence-corrected chi connectivity index (χ1v) is 6.73. The SMILES string of the molecule is Cc1occc1C(=O)Nc1cc(C(F)(F)F)ccc1OCC(F)(F)F. The van der Waals surface area contributed by atoms with Gasteiger partial charge in [-0.3, -0.25) is 4.79 Å². The van der Waals surface area contributed by atoms with Crippen molar-refractivity contribution in [1.29, 1.82) is 0 Å². The number of carbonyl (C=O) groups is 1. The van der Waals surface area contributed by atoms with Crippen LogP contribution in [0.15, 0.2) is 34.9 Å². The molecule has 1 N–H and O–H groups in total. The van der Waals surface area contributed by atoms with E-state index in [1.54, 1.807) is 0 Å². The van der Waals surface area contributed by atoms with Gasteiger partial charge < -0.3 is 14.5 Å². The molecular formula is C15H11F6NO3. The van der Waals surface area contributed by atoms with E-state index in [2.05, 4.69) is 10.1 Å². The van der Waals surface area contributed by atoms with Crippen LogP contribution in [0, 0.1) is 6.92 Å². The molecule has 2 rings (SSSR count). The molecule has 1 amide bonds. The number of nitrogens with one attached hydrogen (secondary N) is 1. The minimum Gasteiger partial charge on any atom is -0.482 e. The van der Waals surface area contributed by atoms with Crippen molar-refractivity contribution in [2.45, 2.75) is 19.3 Å². The molecule has 0 unspecified atom stereocenters. The van der Waals surface area contributed by atoms with Gasteiger partial charge in [-0.15, -0.1) is 0 Å². The monoisotopic (exact) mass is 367 g/mol. The van der Waals surface area contributed by atoms with E-state index < -0.39 is 41.9 Å². The lowest BCUT2D eigenvalue weighted by Crippen LogP contribution is -2.21. The number of aryl methyl sites for hydroxylation is 1. The zero-order valence-corrected chi connectivity index (χ0v) is 12.6. The second kappa shape index (κ2) is 6.69. The number of amides is 1. The Morgan fingerprint density at radius 3 is 2.36 bits per heavy atom. The zero-order chi connectivity index (χ0) is 18.8. The van der Waals surface area contributed by atoms with Crippen molar-refractivity contribution >= 4 is 11.6 Å². The molecule has 0 aliphatic rings. The van der Waals surface area contributed by atoms with Crippen LogP contribution in [-0.4, -0.2) is 18.7 Å². The first-order valence-electron chi connectivity index (χ1n) is 6.73. The van der Waals surface area contributed by atoms with E-state index in [0.29, 0.717) is 18.2 Å². The number of carbonyl (C=O) groups excluding carboxylic acids is 1. The Morgan fingerprint density at radius 2 is 1.84 bits per heavy atom. The summed E-state index contributed by atoms with van der Waals surface area (Å²) < 4.78 is 84.6. The highest BCUT2D eigenvalue weighted by Gasteiger charge is 2.33. The maximum Gasteiger partial charge on any atom is 0.422 e. The summed E-state index contributed by atoms with van der Waals surface area (Å²) in [5.41, 5.74) is -1.66. The Bertz CT molecular complexity index is 763. The highest BCUT2D eigenvalue weighted by atomic mass is 19.4. The maximum atomic E-state index is 12.8. The molecule has 0 fully saturated rings. The summed E-state index contributed by atoms with van der Waals surface area (Å²) in [6, 6.07) is 3.05. The Hall–Kier alpha value is -2.65. The number of benzene rings is 1. The largest absolute Gasteiger partial charge is 0.482 e. The number of alkyl halides is 6. The minimum atomic E-state index is -4.74. The van der Waals surface area contributed by atoms with Gasteiger partial charge in [-0.1, -0.05) is 0 Å². The van der Waals surface area contributed by atoms with Gasteiger partial charge in [0.1, 0.15) is 11.5 Å². The molecule has 136 valence electrons. The number of ether oxygens (including phenoxy) is 1. The van der Waals surface area contributed by atoms with Crippen molar-refractivity contribution in [3.63, 3.8) is 0 Å². The van der Waals surface area contributed by atoms with Gasteiger partial charge in [0.05, 0.1) is 23.1 Å². The Balaban J connectivity index is 2.33. The van der Waals surface area contributed by atoms with E-state index in [1.807, 2.05) is 0 Å². The van der Waals surface area contributed by atoms with Crippen LogP contribution >= 0.6 is 0 Å². The molecule has 25 heavy (non-hydrogen) atoms. The van der Waals surface area contributed by atoms with Gasteiger partial charge >= 0.3 is 12.4 Å². The lowest BCUT2D eigenvalue weighted by Gasteiger charge is -2.16. The molecule has 0 atom stereocenters. The van der Waals surface area contributed by atoms with E-state index in [1.165, 1.54) is 19.3 Å². The van der Waals surface area contributed by atoms with Crippen molar-refractivity contribution < 1.29 is 40.3 Å². The van der Waals surface area contributed by atoms with Gasteiger partial charge in [0.2, 0.25) is 0 Å². The van der Waals surface area contributed by atoms with Crippen LogP contribution in [0.5, 0.6) is 5.75 Å². The van der Waals surface area contributed by atoms with Crippen LogP contribution < -0.4 is 10.1 Å². The lowest BCUT2D eigenvalue weighted by atomic mass is 10.1. The molecule has 0 saturated heterocycles. The molecule has 10 heteroatoms. The van der Waals surface area contributed by atoms with Crippen LogP contribution in [0.4, 0.5) is 32.0 Å². The average Bonchev–Trinajstić information content (AvgIpc) is 2.90. The first-order chi connectivity index (χ1) is 11.5. The highest BCUT2D eigenvalue weighted by Crippen LogP contribution is 2.36. The van der Waals surface area contributed by atoms with E-state index in [0.717, 1.165) is 0 Å². The molecule has 1 aromatic heterocycles. The number of furan rings is 1. The predicted octanol–water partition coefficient (Wildman–Crippen LogP) is 4.80. The summed E-state index contributed by atoms with van der Waals surface area (Å²) in [6.07, 6.45) is -8.24. The summed E-state index contributed by atoms with van der Waals surface area (Å²) in [5.74, 6) is -1.19. The number of hydrogen-bond donors (Lipinski definition) is 1. The fourth-order valence-corrected chi connectivity index (χ4v) is 1.90. The third-order valence-electron chi connectivity index (χ3n) is 3.05. The summed E-state index contributed by atoms with van der Waals surface area (Å²) in [7, 11) is 0. The molecule has 0 aliphatic carbocycles. The first kappa shape index (κ1) is 18.7. The van der Waals surface area contributed by atoms with Gasteiger partial charge in [-0.2, -0.15) is 26.3 Å². The van der Waals surface area contributed by atoms with Gasteiger partial charge in [0, 0.05) is 0 Å². The number of anilines is 1. The fraction of sp³-hybridized carbons (Fsp3) is 0.267. The molecule has 1 heterocycles. The third kappa shape index (κ3) is 4.91. The second-order valence-corrected chi connectivity index (χ2v) is 4.96. The highest BCUT2D eigenvalue weighted by molar-refractivity contribution is 6.05. The van der Waals surface area contributed by atoms with E-state index >= 15 is 0 Å². The summed E-state index contributed by atoms with van der Waals surface area (Å²) in [4.78, 5) is 12.1. The number of rotatable bonds is 4. The molecule has 0 radical (unpaired) electrons. The van der Waals surface area contributed by atoms with Crippen molar-refractivity contribution in [3.8, 4) is 5.75 Å². The third-order valence-corrected chi connectivity index (χ3v) is 3.05. The lowest BCUT2D eigenvalue weighted by molar-refractivity contribution is -0.153. The predicted molar refractivity (Wildman–Crippen MR) is 74.4 cm³/mol. The molecule has 2 aromatic rings. The smallest absolute Gasteiger partial charge is 0.422 e. The van der Waals surface area contributed by atoms with Gasteiger partial charge in [-0.05, 0) is 31.2 Å².